The number of H-pyrrole nitrogens is 1. The number of nitrogens with one attached hydrogen (secondary N) is 2. The molecule has 0 spiro atoms. The van der Waals surface area contributed by atoms with E-state index >= 15 is 0 Å². The van der Waals surface area contributed by atoms with E-state index in [1.807, 2.05) is 30.3 Å². The summed E-state index contributed by atoms with van der Waals surface area (Å²) in [6.07, 6.45) is 1.56. The molecular formula is C18H19N5O3. The highest BCUT2D eigenvalue weighted by atomic mass is 16.5. The van der Waals surface area contributed by atoms with E-state index in [-0.39, 0.29) is 23.2 Å². The number of anilines is 1. The number of ether oxygens (including phenoxy) is 1. The fourth-order valence-corrected chi connectivity index (χ4v) is 3.10. The molecule has 3 heterocycles. The largest absolute Gasteiger partial charge is 0.368 e. The van der Waals surface area contributed by atoms with E-state index < -0.39 is 6.10 Å². The van der Waals surface area contributed by atoms with E-state index in [4.69, 9.17) is 4.74 Å². The topological polar surface area (TPSA) is 101 Å². The van der Waals surface area contributed by atoms with E-state index in [0.717, 1.165) is 12.0 Å². The van der Waals surface area contributed by atoms with Crippen LogP contribution in [0, 0.1) is 6.92 Å². The molecule has 0 saturated carbocycles. The highest BCUT2D eigenvalue weighted by Crippen LogP contribution is 2.14. The standard InChI is InChI=1S/C18H19N5O3/c1-11-13(10-12-6-3-2-4-7-12)16(25)23-18(19-11)21-17(22-23)20-15(24)14-8-5-9-26-14/h2-4,6-7,14H,5,8-10H2,1H3,(H2,19,20,21,22,24)/t14-/m0/s1. The van der Waals surface area contributed by atoms with Crippen LogP contribution in [0.25, 0.3) is 5.78 Å². The minimum absolute atomic E-state index is 0.186. The fourth-order valence-electron chi connectivity index (χ4n) is 3.10. The van der Waals surface area contributed by atoms with Crippen molar-refractivity contribution in [3.8, 4) is 0 Å². The van der Waals surface area contributed by atoms with Crippen LogP contribution >= 0.6 is 0 Å². The van der Waals surface area contributed by atoms with Gasteiger partial charge >= 0.3 is 0 Å². The molecule has 1 aliphatic heterocycles. The van der Waals surface area contributed by atoms with Crippen molar-refractivity contribution in [2.45, 2.75) is 32.3 Å². The Morgan fingerprint density at radius 3 is 2.88 bits per heavy atom. The third-order valence-corrected chi connectivity index (χ3v) is 4.48. The molecule has 4 rings (SSSR count). The van der Waals surface area contributed by atoms with Gasteiger partial charge in [-0.3, -0.25) is 20.0 Å². The number of aromatic nitrogens is 4. The van der Waals surface area contributed by atoms with Crippen molar-refractivity contribution in [2.24, 2.45) is 0 Å². The molecule has 1 fully saturated rings. The molecule has 0 bridgehead atoms. The van der Waals surface area contributed by atoms with Crippen LogP contribution in [0.4, 0.5) is 5.95 Å². The van der Waals surface area contributed by atoms with Crippen LogP contribution in [0.15, 0.2) is 35.1 Å². The number of carbonyl (C=O) groups excluding carboxylic acids is 1. The number of aryl methyl sites for hydroxylation is 1. The molecule has 2 N–H and O–H groups in total. The summed E-state index contributed by atoms with van der Waals surface area (Å²) >= 11 is 0. The molecule has 0 radical (unpaired) electrons. The van der Waals surface area contributed by atoms with Crippen molar-refractivity contribution in [3.63, 3.8) is 0 Å². The predicted octanol–water partition coefficient (Wildman–Crippen LogP) is 1.43. The smallest absolute Gasteiger partial charge is 0.277 e. The summed E-state index contributed by atoms with van der Waals surface area (Å²) in [5.74, 6) is 0.147. The SMILES string of the molecule is Cc1nc2nc(NC(=O)[C@@H]3CCCO3)[nH]n2c(=O)c1Cc1ccccc1. The van der Waals surface area contributed by atoms with Crippen LogP contribution < -0.4 is 10.9 Å². The first-order chi connectivity index (χ1) is 12.6. The van der Waals surface area contributed by atoms with E-state index in [9.17, 15) is 9.59 Å². The van der Waals surface area contributed by atoms with Crippen molar-refractivity contribution in [2.75, 3.05) is 11.9 Å². The molecule has 26 heavy (non-hydrogen) atoms. The van der Waals surface area contributed by atoms with E-state index in [1.165, 1.54) is 4.52 Å². The van der Waals surface area contributed by atoms with Gasteiger partial charge in [0.2, 0.25) is 5.95 Å². The van der Waals surface area contributed by atoms with Crippen molar-refractivity contribution in [1.82, 2.24) is 19.6 Å². The summed E-state index contributed by atoms with van der Waals surface area (Å²) in [5, 5.41) is 5.47. The molecule has 134 valence electrons. The van der Waals surface area contributed by atoms with Crippen molar-refractivity contribution >= 4 is 17.6 Å². The van der Waals surface area contributed by atoms with Gasteiger partial charge in [-0.25, -0.2) is 4.98 Å². The van der Waals surface area contributed by atoms with Gasteiger partial charge in [-0.1, -0.05) is 30.3 Å². The molecule has 8 heteroatoms. The van der Waals surface area contributed by atoms with Gasteiger partial charge in [0, 0.05) is 18.6 Å². The molecule has 0 aliphatic carbocycles. The number of nitrogens with zero attached hydrogens (tertiary/aromatic N) is 3. The van der Waals surface area contributed by atoms with Gasteiger partial charge in [-0.15, -0.1) is 0 Å². The zero-order valence-corrected chi connectivity index (χ0v) is 14.4. The Balaban J connectivity index is 1.64. The average Bonchev–Trinajstić information content (AvgIpc) is 3.29. The minimum atomic E-state index is -0.469. The van der Waals surface area contributed by atoms with Crippen LogP contribution in [-0.2, 0) is 16.0 Å². The van der Waals surface area contributed by atoms with Crippen LogP contribution in [-0.4, -0.2) is 38.2 Å². The first-order valence-corrected chi connectivity index (χ1v) is 8.56. The average molecular weight is 353 g/mol. The lowest BCUT2D eigenvalue weighted by molar-refractivity contribution is -0.124. The number of hydrogen-bond acceptors (Lipinski definition) is 5. The van der Waals surface area contributed by atoms with Crippen LogP contribution in [0.1, 0.15) is 29.7 Å². The second-order valence-electron chi connectivity index (χ2n) is 6.34. The number of carbonyl (C=O) groups is 1. The lowest BCUT2D eigenvalue weighted by atomic mass is 10.1. The van der Waals surface area contributed by atoms with Gasteiger partial charge < -0.3 is 4.74 Å². The van der Waals surface area contributed by atoms with Gasteiger partial charge in [0.15, 0.2) is 0 Å². The second kappa shape index (κ2) is 6.72. The normalized spacial score (nSPS) is 16.9. The molecule has 1 aromatic carbocycles. The molecule has 1 amide bonds. The van der Waals surface area contributed by atoms with Gasteiger partial charge in [-0.2, -0.15) is 9.50 Å². The van der Waals surface area contributed by atoms with Crippen molar-refractivity contribution < 1.29 is 9.53 Å². The molecule has 1 aliphatic rings. The summed E-state index contributed by atoms with van der Waals surface area (Å²) in [6, 6.07) is 9.73. The first-order valence-electron chi connectivity index (χ1n) is 8.56. The van der Waals surface area contributed by atoms with Crippen LogP contribution in [0.2, 0.25) is 0 Å². The predicted molar refractivity (Wildman–Crippen MR) is 95.2 cm³/mol. The quantitative estimate of drug-likeness (QED) is 0.739. The number of rotatable bonds is 4. The Kier molecular flexibility index (Phi) is 4.26. The maximum atomic E-state index is 12.8. The lowest BCUT2D eigenvalue weighted by Gasteiger charge is -2.07. The van der Waals surface area contributed by atoms with E-state index in [2.05, 4.69) is 20.4 Å². The Labute approximate surface area is 149 Å². The minimum Gasteiger partial charge on any atom is -0.368 e. The third-order valence-electron chi connectivity index (χ3n) is 4.48. The number of fused-ring (bicyclic) bond motifs is 1. The summed E-state index contributed by atoms with van der Waals surface area (Å²) in [5.41, 5.74) is 2.03. The van der Waals surface area contributed by atoms with Gasteiger partial charge in [0.1, 0.15) is 6.10 Å². The molecule has 2 aromatic heterocycles. The molecule has 3 aromatic rings. The van der Waals surface area contributed by atoms with Crippen LogP contribution in [0.5, 0.6) is 0 Å². The third kappa shape index (κ3) is 3.11. The van der Waals surface area contributed by atoms with Crippen molar-refractivity contribution in [3.05, 3.63) is 57.5 Å². The highest BCUT2D eigenvalue weighted by Gasteiger charge is 2.24. The zero-order chi connectivity index (χ0) is 18.1. The molecule has 0 unspecified atom stereocenters. The zero-order valence-electron chi connectivity index (χ0n) is 14.4. The number of hydrogen-bond donors (Lipinski definition) is 2. The second-order valence-corrected chi connectivity index (χ2v) is 6.34. The van der Waals surface area contributed by atoms with E-state index in [0.29, 0.717) is 30.7 Å². The number of amides is 1. The van der Waals surface area contributed by atoms with E-state index in [1.54, 1.807) is 6.92 Å². The summed E-state index contributed by atoms with van der Waals surface area (Å²) in [6.45, 7) is 2.38. The van der Waals surface area contributed by atoms with Gasteiger partial charge in [-0.05, 0) is 25.3 Å². The highest BCUT2D eigenvalue weighted by molar-refractivity contribution is 5.92. The Morgan fingerprint density at radius 2 is 2.15 bits per heavy atom. The summed E-state index contributed by atoms with van der Waals surface area (Å²) in [4.78, 5) is 33.6. The Hall–Kier alpha value is -3.00. The molecule has 8 nitrogen and oxygen atoms in total. The summed E-state index contributed by atoms with van der Waals surface area (Å²) < 4.78 is 6.61. The Bertz CT molecular complexity index is 1000. The molecule has 1 saturated heterocycles. The van der Waals surface area contributed by atoms with Crippen LogP contribution in [0.3, 0.4) is 0 Å². The Morgan fingerprint density at radius 1 is 1.35 bits per heavy atom. The molecule has 1 atom stereocenters. The first kappa shape index (κ1) is 16.5. The lowest BCUT2D eigenvalue weighted by Crippen LogP contribution is -2.27. The maximum absolute atomic E-state index is 12.8. The monoisotopic (exact) mass is 353 g/mol. The maximum Gasteiger partial charge on any atom is 0.277 e. The number of aromatic amines is 1. The van der Waals surface area contributed by atoms with Gasteiger partial charge in [0.25, 0.3) is 17.2 Å². The fraction of sp³-hybridized carbons (Fsp3) is 0.333. The number of benzene rings is 1. The van der Waals surface area contributed by atoms with Gasteiger partial charge in [0.05, 0.1) is 5.69 Å². The summed E-state index contributed by atoms with van der Waals surface area (Å²) in [7, 11) is 0. The molecular weight excluding hydrogens is 334 g/mol. The van der Waals surface area contributed by atoms with Crippen molar-refractivity contribution in [1.29, 1.82) is 0 Å².